The van der Waals surface area contributed by atoms with Crippen molar-refractivity contribution in [3.8, 4) is 0 Å². The van der Waals surface area contributed by atoms with Gasteiger partial charge >= 0.3 is 0 Å². The Kier molecular flexibility index (Phi) is 4.86. The molecule has 0 atom stereocenters. The maximum atomic E-state index is 12.1. The van der Waals surface area contributed by atoms with Gasteiger partial charge in [0.25, 0.3) is 5.91 Å². The number of nitrogens with zero attached hydrogens (tertiary/aromatic N) is 2. The van der Waals surface area contributed by atoms with Crippen molar-refractivity contribution >= 4 is 11.9 Å². The minimum Gasteiger partial charge on any atom is -0.351 e. The zero-order valence-electron chi connectivity index (χ0n) is 13.4. The molecule has 3 rings (SSSR count). The van der Waals surface area contributed by atoms with Crippen LogP contribution in [0.5, 0.6) is 0 Å². The van der Waals surface area contributed by atoms with Gasteiger partial charge in [-0.1, -0.05) is 42.7 Å². The van der Waals surface area contributed by atoms with Gasteiger partial charge in [0.2, 0.25) is 5.95 Å². The number of anilines is 1. The summed E-state index contributed by atoms with van der Waals surface area (Å²) in [7, 11) is 0. The Morgan fingerprint density at radius 3 is 2.43 bits per heavy atom. The molecular weight excluding hydrogens is 288 g/mol. The molecule has 0 unspecified atom stereocenters. The predicted octanol–water partition coefficient (Wildman–Crippen LogP) is 3.07. The standard InChI is InChI=1S/C18H22N4O/c1-13-6-8-14(9-7-13)10-19-17(23)15-11-20-18(21-12-15)22-16-4-2-3-5-16/h6-9,11-12,16H,2-5,10H2,1H3,(H,19,23)(H,20,21,22). The van der Waals surface area contributed by atoms with E-state index in [1.54, 1.807) is 12.4 Å². The molecule has 1 aliphatic rings. The number of aromatic nitrogens is 2. The normalized spacial score (nSPS) is 14.7. The minimum absolute atomic E-state index is 0.155. The summed E-state index contributed by atoms with van der Waals surface area (Å²) in [6.45, 7) is 2.54. The van der Waals surface area contributed by atoms with Crippen LogP contribution in [0.3, 0.4) is 0 Å². The first-order valence-electron chi connectivity index (χ1n) is 8.13. The monoisotopic (exact) mass is 310 g/mol. The molecule has 1 aromatic heterocycles. The van der Waals surface area contributed by atoms with Gasteiger partial charge in [-0.2, -0.15) is 0 Å². The number of hydrogen-bond donors (Lipinski definition) is 2. The summed E-state index contributed by atoms with van der Waals surface area (Å²) < 4.78 is 0. The molecule has 5 nitrogen and oxygen atoms in total. The van der Waals surface area contributed by atoms with Crippen molar-refractivity contribution in [2.24, 2.45) is 0 Å². The number of aryl methyl sites for hydroxylation is 1. The van der Waals surface area contributed by atoms with Crippen molar-refractivity contribution in [1.82, 2.24) is 15.3 Å². The van der Waals surface area contributed by atoms with E-state index in [4.69, 9.17) is 0 Å². The van der Waals surface area contributed by atoms with Crippen molar-refractivity contribution in [1.29, 1.82) is 0 Å². The van der Waals surface area contributed by atoms with Crippen LogP contribution in [0, 0.1) is 6.92 Å². The fourth-order valence-corrected chi connectivity index (χ4v) is 2.76. The van der Waals surface area contributed by atoms with Crippen LogP contribution in [0.15, 0.2) is 36.7 Å². The zero-order chi connectivity index (χ0) is 16.1. The molecule has 1 heterocycles. The molecule has 0 spiro atoms. The summed E-state index contributed by atoms with van der Waals surface area (Å²) in [4.78, 5) is 20.6. The van der Waals surface area contributed by atoms with E-state index in [-0.39, 0.29) is 5.91 Å². The lowest BCUT2D eigenvalue weighted by Crippen LogP contribution is -2.23. The molecule has 1 aromatic carbocycles. The van der Waals surface area contributed by atoms with Crippen molar-refractivity contribution in [3.05, 3.63) is 53.3 Å². The molecule has 0 bridgehead atoms. The third-order valence-electron chi connectivity index (χ3n) is 4.18. The number of benzene rings is 1. The molecule has 0 aliphatic heterocycles. The van der Waals surface area contributed by atoms with Crippen LogP contribution in [0.25, 0.3) is 0 Å². The van der Waals surface area contributed by atoms with Crippen LogP contribution in [-0.2, 0) is 6.54 Å². The van der Waals surface area contributed by atoms with Gasteiger partial charge in [0.1, 0.15) is 0 Å². The van der Waals surface area contributed by atoms with E-state index in [0.717, 1.165) is 5.56 Å². The molecule has 5 heteroatoms. The van der Waals surface area contributed by atoms with E-state index in [0.29, 0.717) is 24.1 Å². The Bertz CT molecular complexity index is 646. The van der Waals surface area contributed by atoms with Crippen molar-refractivity contribution in [2.45, 2.75) is 45.2 Å². The van der Waals surface area contributed by atoms with Gasteiger partial charge in [-0.3, -0.25) is 4.79 Å². The fraction of sp³-hybridized carbons (Fsp3) is 0.389. The van der Waals surface area contributed by atoms with Crippen molar-refractivity contribution < 1.29 is 4.79 Å². The predicted molar refractivity (Wildman–Crippen MR) is 90.3 cm³/mol. The largest absolute Gasteiger partial charge is 0.351 e. The van der Waals surface area contributed by atoms with Crippen LogP contribution in [-0.4, -0.2) is 21.9 Å². The number of rotatable bonds is 5. The van der Waals surface area contributed by atoms with E-state index >= 15 is 0 Å². The summed E-state index contributed by atoms with van der Waals surface area (Å²) in [5.74, 6) is 0.449. The first kappa shape index (κ1) is 15.5. The first-order chi connectivity index (χ1) is 11.2. The van der Waals surface area contributed by atoms with Gasteiger partial charge in [0.05, 0.1) is 5.56 Å². The van der Waals surface area contributed by atoms with Crippen LogP contribution < -0.4 is 10.6 Å². The van der Waals surface area contributed by atoms with E-state index in [9.17, 15) is 4.79 Å². The van der Waals surface area contributed by atoms with E-state index < -0.39 is 0 Å². The average molecular weight is 310 g/mol. The number of carbonyl (C=O) groups is 1. The van der Waals surface area contributed by atoms with E-state index in [2.05, 4.69) is 20.6 Å². The molecule has 1 fully saturated rings. The average Bonchev–Trinajstić information content (AvgIpc) is 3.08. The van der Waals surface area contributed by atoms with Gasteiger partial charge in [0.15, 0.2) is 0 Å². The number of nitrogens with one attached hydrogen (secondary N) is 2. The maximum Gasteiger partial charge on any atom is 0.254 e. The topological polar surface area (TPSA) is 66.9 Å². The van der Waals surface area contributed by atoms with Crippen molar-refractivity contribution in [2.75, 3.05) is 5.32 Å². The molecule has 23 heavy (non-hydrogen) atoms. The molecule has 120 valence electrons. The van der Waals surface area contributed by atoms with Crippen LogP contribution in [0.4, 0.5) is 5.95 Å². The third-order valence-corrected chi connectivity index (χ3v) is 4.18. The summed E-state index contributed by atoms with van der Waals surface area (Å²) in [5, 5.41) is 6.20. The molecule has 0 saturated heterocycles. The SMILES string of the molecule is Cc1ccc(CNC(=O)c2cnc(NC3CCCC3)nc2)cc1. The lowest BCUT2D eigenvalue weighted by Gasteiger charge is -2.11. The molecule has 1 amide bonds. The Morgan fingerprint density at radius 2 is 1.78 bits per heavy atom. The van der Waals surface area contributed by atoms with Crippen LogP contribution in [0.2, 0.25) is 0 Å². The van der Waals surface area contributed by atoms with E-state index in [1.165, 1.54) is 31.2 Å². The fourth-order valence-electron chi connectivity index (χ4n) is 2.76. The summed E-state index contributed by atoms with van der Waals surface area (Å²) in [6, 6.07) is 8.57. The van der Waals surface area contributed by atoms with E-state index in [1.807, 2.05) is 31.2 Å². The highest BCUT2D eigenvalue weighted by Gasteiger charge is 2.15. The molecule has 0 radical (unpaired) electrons. The highest BCUT2D eigenvalue weighted by molar-refractivity contribution is 5.93. The van der Waals surface area contributed by atoms with Gasteiger partial charge in [-0.05, 0) is 25.3 Å². The smallest absolute Gasteiger partial charge is 0.254 e. The quantitative estimate of drug-likeness (QED) is 0.890. The van der Waals surface area contributed by atoms with Gasteiger partial charge < -0.3 is 10.6 Å². The Hall–Kier alpha value is -2.43. The second kappa shape index (κ2) is 7.22. The Morgan fingerprint density at radius 1 is 1.13 bits per heavy atom. The maximum absolute atomic E-state index is 12.1. The van der Waals surface area contributed by atoms with Crippen molar-refractivity contribution in [3.63, 3.8) is 0 Å². The highest BCUT2D eigenvalue weighted by Crippen LogP contribution is 2.20. The minimum atomic E-state index is -0.155. The second-order valence-electron chi connectivity index (χ2n) is 6.09. The van der Waals surface area contributed by atoms with Crippen LogP contribution >= 0.6 is 0 Å². The van der Waals surface area contributed by atoms with Gasteiger partial charge in [-0.25, -0.2) is 9.97 Å². The highest BCUT2D eigenvalue weighted by atomic mass is 16.1. The summed E-state index contributed by atoms with van der Waals surface area (Å²) >= 11 is 0. The lowest BCUT2D eigenvalue weighted by atomic mass is 10.1. The molecule has 1 saturated carbocycles. The van der Waals surface area contributed by atoms with Gasteiger partial charge in [0, 0.05) is 25.0 Å². The lowest BCUT2D eigenvalue weighted by molar-refractivity contribution is 0.0950. The molecule has 2 N–H and O–H groups in total. The third kappa shape index (κ3) is 4.28. The number of carbonyl (C=O) groups excluding carboxylic acids is 1. The second-order valence-corrected chi connectivity index (χ2v) is 6.09. The number of amides is 1. The summed E-state index contributed by atoms with van der Waals surface area (Å²) in [6.07, 6.45) is 8.02. The Balaban J connectivity index is 1.53. The summed E-state index contributed by atoms with van der Waals surface area (Å²) in [5.41, 5.74) is 2.76. The Labute approximate surface area is 136 Å². The molecule has 1 aliphatic carbocycles. The molecular formula is C18H22N4O. The van der Waals surface area contributed by atoms with Gasteiger partial charge in [-0.15, -0.1) is 0 Å². The van der Waals surface area contributed by atoms with Crippen LogP contribution in [0.1, 0.15) is 47.2 Å². The first-order valence-corrected chi connectivity index (χ1v) is 8.13. The molecule has 2 aromatic rings. The zero-order valence-corrected chi connectivity index (χ0v) is 13.4. The number of hydrogen-bond acceptors (Lipinski definition) is 4.